The Hall–Kier alpha value is -1.96. The summed E-state index contributed by atoms with van der Waals surface area (Å²) in [6, 6.07) is 2.50. The van der Waals surface area contributed by atoms with Gasteiger partial charge in [-0.25, -0.2) is 4.79 Å². The molecule has 23 heavy (non-hydrogen) atoms. The van der Waals surface area contributed by atoms with Crippen molar-refractivity contribution in [2.24, 2.45) is 0 Å². The van der Waals surface area contributed by atoms with Gasteiger partial charge in [0.1, 0.15) is 5.75 Å². The molecule has 0 aromatic heterocycles. The molecule has 130 valence electrons. The first-order valence-electron chi connectivity index (χ1n) is 7.19. The van der Waals surface area contributed by atoms with Gasteiger partial charge in [-0.05, 0) is 38.5 Å². The van der Waals surface area contributed by atoms with Gasteiger partial charge in [0.15, 0.2) is 0 Å². The molecule has 0 heterocycles. The summed E-state index contributed by atoms with van der Waals surface area (Å²) < 4.78 is 44.4. The van der Waals surface area contributed by atoms with Gasteiger partial charge in [0.25, 0.3) is 0 Å². The van der Waals surface area contributed by atoms with Gasteiger partial charge < -0.3 is 20.5 Å². The molecule has 3 N–H and O–H groups in total. The molecule has 8 heteroatoms. The first kappa shape index (κ1) is 19.1. The smallest absolute Gasteiger partial charge is 0.418 e. The monoisotopic (exact) mass is 334 g/mol. The van der Waals surface area contributed by atoms with Gasteiger partial charge in [-0.1, -0.05) is 6.92 Å². The van der Waals surface area contributed by atoms with Gasteiger partial charge in [-0.15, -0.1) is 0 Å². The average Bonchev–Trinajstić information content (AvgIpc) is 2.47. The maximum Gasteiger partial charge on any atom is 0.418 e. The summed E-state index contributed by atoms with van der Waals surface area (Å²) in [5.41, 5.74) is -2.29. The van der Waals surface area contributed by atoms with E-state index in [1.807, 2.05) is 0 Å². The molecule has 0 aliphatic heterocycles. The number of rotatable bonds is 6. The Kier molecular flexibility index (Phi) is 6.26. The highest BCUT2D eigenvalue weighted by atomic mass is 19.4. The molecule has 1 aromatic carbocycles. The summed E-state index contributed by atoms with van der Waals surface area (Å²) in [7, 11) is 0. The van der Waals surface area contributed by atoms with E-state index in [9.17, 15) is 23.1 Å². The third kappa shape index (κ3) is 5.31. The van der Waals surface area contributed by atoms with Crippen LogP contribution in [-0.4, -0.2) is 29.9 Å². The molecule has 0 aliphatic rings. The molecule has 2 amide bonds. The van der Waals surface area contributed by atoms with Crippen LogP contribution in [0.4, 0.5) is 23.7 Å². The van der Waals surface area contributed by atoms with Crippen LogP contribution in [0.15, 0.2) is 18.2 Å². The molecule has 1 rings (SSSR count). The lowest BCUT2D eigenvalue weighted by Gasteiger charge is -2.27. The fraction of sp³-hybridized carbons (Fsp3) is 0.533. The minimum Gasteiger partial charge on any atom is -0.494 e. The highest BCUT2D eigenvalue weighted by Gasteiger charge is 2.35. The second-order valence-electron chi connectivity index (χ2n) is 5.29. The second-order valence-corrected chi connectivity index (χ2v) is 5.29. The number of amides is 2. The van der Waals surface area contributed by atoms with Gasteiger partial charge >= 0.3 is 12.2 Å². The number of anilines is 1. The molecule has 0 bridgehead atoms. The zero-order valence-electron chi connectivity index (χ0n) is 13.3. The van der Waals surface area contributed by atoms with Crippen molar-refractivity contribution in [2.75, 3.05) is 18.5 Å². The van der Waals surface area contributed by atoms with E-state index in [0.717, 1.165) is 12.1 Å². The molecule has 0 saturated carbocycles. The van der Waals surface area contributed by atoms with E-state index in [4.69, 9.17) is 4.74 Å². The van der Waals surface area contributed by atoms with Crippen molar-refractivity contribution in [3.8, 4) is 5.75 Å². The number of benzene rings is 1. The maximum absolute atomic E-state index is 13.1. The molecule has 0 aliphatic carbocycles. The largest absolute Gasteiger partial charge is 0.494 e. The Bertz CT molecular complexity index is 543. The fourth-order valence-corrected chi connectivity index (χ4v) is 1.79. The Morgan fingerprint density at radius 1 is 1.30 bits per heavy atom. The van der Waals surface area contributed by atoms with Gasteiger partial charge in [-0.2, -0.15) is 13.2 Å². The zero-order chi connectivity index (χ0) is 17.7. The number of aliphatic hydroxyl groups is 1. The summed E-state index contributed by atoms with van der Waals surface area (Å²) in [6.45, 7) is 4.90. The van der Waals surface area contributed by atoms with Crippen LogP contribution >= 0.6 is 0 Å². The van der Waals surface area contributed by atoms with E-state index >= 15 is 0 Å². The van der Waals surface area contributed by atoms with Crippen molar-refractivity contribution in [2.45, 2.75) is 38.9 Å². The zero-order valence-corrected chi connectivity index (χ0v) is 13.3. The summed E-state index contributed by atoms with van der Waals surface area (Å²) in [4.78, 5) is 11.9. The molecular weight excluding hydrogens is 313 g/mol. The highest BCUT2D eigenvalue weighted by molar-refractivity contribution is 5.90. The quantitative estimate of drug-likeness (QED) is 0.747. The van der Waals surface area contributed by atoms with Crippen molar-refractivity contribution in [1.82, 2.24) is 5.32 Å². The van der Waals surface area contributed by atoms with Crippen LogP contribution in [0.1, 0.15) is 32.8 Å². The minimum atomic E-state index is -4.64. The first-order valence-corrected chi connectivity index (χ1v) is 7.19. The Morgan fingerprint density at radius 3 is 2.43 bits per heavy atom. The number of hydrogen-bond donors (Lipinski definition) is 3. The molecule has 5 nitrogen and oxygen atoms in total. The van der Waals surface area contributed by atoms with E-state index in [1.54, 1.807) is 20.8 Å². The minimum absolute atomic E-state index is 0.0690. The number of urea groups is 1. The Morgan fingerprint density at radius 2 is 1.96 bits per heavy atom. The molecule has 1 atom stereocenters. The van der Waals surface area contributed by atoms with Crippen molar-refractivity contribution < 1.29 is 27.8 Å². The van der Waals surface area contributed by atoms with Crippen molar-refractivity contribution in [1.29, 1.82) is 0 Å². The van der Waals surface area contributed by atoms with Crippen LogP contribution in [0.3, 0.4) is 0 Å². The van der Waals surface area contributed by atoms with E-state index in [0.29, 0.717) is 6.42 Å². The van der Waals surface area contributed by atoms with Crippen molar-refractivity contribution in [3.05, 3.63) is 23.8 Å². The lowest BCUT2D eigenvalue weighted by molar-refractivity contribution is -0.137. The van der Waals surface area contributed by atoms with Crippen LogP contribution in [-0.2, 0) is 6.18 Å². The van der Waals surface area contributed by atoms with E-state index in [2.05, 4.69) is 10.6 Å². The number of alkyl halides is 3. The summed E-state index contributed by atoms with van der Waals surface area (Å²) in [5.74, 6) is 0.0690. The lowest BCUT2D eigenvalue weighted by Crippen LogP contribution is -2.50. The number of halogens is 3. The number of nitrogens with one attached hydrogen (secondary N) is 2. The van der Waals surface area contributed by atoms with E-state index < -0.39 is 23.3 Å². The molecule has 0 spiro atoms. The van der Waals surface area contributed by atoms with Crippen LogP contribution in [0.25, 0.3) is 0 Å². The van der Waals surface area contributed by atoms with E-state index in [-0.39, 0.29) is 24.7 Å². The van der Waals surface area contributed by atoms with Crippen molar-refractivity contribution >= 4 is 11.7 Å². The number of carbonyl (C=O) groups excluding carboxylic acids is 1. The van der Waals surface area contributed by atoms with Gasteiger partial charge in [-0.3, -0.25) is 0 Å². The van der Waals surface area contributed by atoms with Gasteiger partial charge in [0.2, 0.25) is 0 Å². The normalized spacial score (nSPS) is 14.0. The summed E-state index contributed by atoms with van der Waals surface area (Å²) in [5, 5.41) is 13.9. The van der Waals surface area contributed by atoms with Gasteiger partial charge in [0, 0.05) is 0 Å². The number of carbonyl (C=O) groups is 1. The SMILES string of the molecule is CCOc1ccc(NC(=O)NC(C)(CC)CO)c(C(F)(F)F)c1. The second kappa shape index (κ2) is 7.54. The van der Waals surface area contributed by atoms with E-state index in [1.165, 1.54) is 6.07 Å². The number of hydrogen-bond acceptors (Lipinski definition) is 3. The fourth-order valence-electron chi connectivity index (χ4n) is 1.79. The molecule has 0 saturated heterocycles. The number of aliphatic hydroxyl groups excluding tert-OH is 1. The molecule has 0 fully saturated rings. The third-order valence-electron chi connectivity index (χ3n) is 3.40. The molecular formula is C15H21F3N2O3. The summed E-state index contributed by atoms with van der Waals surface area (Å²) >= 11 is 0. The standard InChI is InChI=1S/C15H21F3N2O3/c1-4-14(3,9-21)20-13(22)19-12-7-6-10(23-5-2)8-11(12)15(16,17)18/h6-8,21H,4-5,9H2,1-3H3,(H2,19,20,22). The Balaban J connectivity index is 3.01. The van der Waals surface area contributed by atoms with Crippen LogP contribution in [0.2, 0.25) is 0 Å². The average molecular weight is 334 g/mol. The van der Waals surface area contributed by atoms with Crippen molar-refractivity contribution in [3.63, 3.8) is 0 Å². The van der Waals surface area contributed by atoms with Crippen LogP contribution < -0.4 is 15.4 Å². The predicted molar refractivity (Wildman–Crippen MR) is 80.5 cm³/mol. The van der Waals surface area contributed by atoms with Gasteiger partial charge in [0.05, 0.1) is 30.0 Å². The topological polar surface area (TPSA) is 70.6 Å². The van der Waals surface area contributed by atoms with Crippen LogP contribution in [0.5, 0.6) is 5.75 Å². The molecule has 1 aromatic rings. The molecule has 0 radical (unpaired) electrons. The van der Waals surface area contributed by atoms with Crippen LogP contribution in [0, 0.1) is 0 Å². The lowest BCUT2D eigenvalue weighted by atomic mass is 10.0. The highest BCUT2D eigenvalue weighted by Crippen LogP contribution is 2.37. The maximum atomic E-state index is 13.1. The Labute approximate surface area is 132 Å². The summed E-state index contributed by atoms with van der Waals surface area (Å²) in [6.07, 6.45) is -4.22. The predicted octanol–water partition coefficient (Wildman–Crippen LogP) is 3.39. The first-order chi connectivity index (χ1) is 10.6. The molecule has 1 unspecified atom stereocenters. The number of ether oxygens (including phenoxy) is 1. The third-order valence-corrected chi connectivity index (χ3v) is 3.40.